The highest BCUT2D eigenvalue weighted by Crippen LogP contribution is 2.29. The second kappa shape index (κ2) is 8.88. The lowest BCUT2D eigenvalue weighted by molar-refractivity contribution is 0.0600. The number of methoxy groups -OCH3 is 2. The molecule has 0 aromatic heterocycles. The van der Waals surface area contributed by atoms with E-state index in [9.17, 15) is 13.2 Å². The van der Waals surface area contributed by atoms with E-state index in [0.29, 0.717) is 17.1 Å². The molecule has 0 saturated heterocycles. The fourth-order valence-corrected chi connectivity index (χ4v) is 3.41. The largest absolute Gasteiger partial charge is 0.493 e. The molecular weight excluding hydrogens is 370 g/mol. The summed E-state index contributed by atoms with van der Waals surface area (Å²) in [5, 5.41) is 0. The summed E-state index contributed by atoms with van der Waals surface area (Å²) in [6, 6.07) is 10.9. The maximum atomic E-state index is 12.5. The molecule has 0 spiro atoms. The molecule has 2 aromatic rings. The fourth-order valence-electron chi connectivity index (χ4n) is 2.34. The van der Waals surface area contributed by atoms with Crippen molar-refractivity contribution in [2.24, 2.45) is 0 Å². The van der Waals surface area contributed by atoms with Crippen LogP contribution in [0.15, 0.2) is 47.4 Å². The van der Waals surface area contributed by atoms with Crippen molar-refractivity contribution in [3.63, 3.8) is 0 Å². The molecule has 0 atom stereocenters. The first-order chi connectivity index (χ1) is 12.8. The zero-order chi connectivity index (χ0) is 20.0. The van der Waals surface area contributed by atoms with E-state index in [1.807, 2.05) is 13.8 Å². The van der Waals surface area contributed by atoms with Crippen LogP contribution in [0, 0.1) is 0 Å². The molecule has 0 heterocycles. The number of hydrogen-bond donors (Lipinski definition) is 1. The molecule has 8 heteroatoms. The lowest BCUT2D eigenvalue weighted by Gasteiger charge is -2.15. The van der Waals surface area contributed by atoms with Crippen LogP contribution in [-0.2, 0) is 21.3 Å². The second-order valence-electron chi connectivity index (χ2n) is 6.00. The van der Waals surface area contributed by atoms with E-state index in [1.54, 1.807) is 18.2 Å². The zero-order valence-corrected chi connectivity index (χ0v) is 16.5. The van der Waals surface area contributed by atoms with Gasteiger partial charge >= 0.3 is 5.97 Å². The first kappa shape index (κ1) is 20.7. The summed E-state index contributed by atoms with van der Waals surface area (Å²) in [4.78, 5) is 11.6. The third-order valence-electron chi connectivity index (χ3n) is 3.62. The van der Waals surface area contributed by atoms with Crippen LogP contribution in [0.3, 0.4) is 0 Å². The summed E-state index contributed by atoms with van der Waals surface area (Å²) in [5.41, 5.74) is 0.868. The Morgan fingerprint density at radius 1 is 1.07 bits per heavy atom. The maximum Gasteiger partial charge on any atom is 0.337 e. The third kappa shape index (κ3) is 5.45. The van der Waals surface area contributed by atoms with Crippen molar-refractivity contribution in [1.29, 1.82) is 0 Å². The van der Waals surface area contributed by atoms with Gasteiger partial charge in [0.25, 0.3) is 0 Å². The summed E-state index contributed by atoms with van der Waals surface area (Å²) in [7, 11) is -1.04. The van der Waals surface area contributed by atoms with Gasteiger partial charge in [0, 0.05) is 6.54 Å². The lowest BCUT2D eigenvalue weighted by Crippen LogP contribution is -2.23. The molecule has 0 amide bonds. The number of carbonyl (C=O) groups is 1. The minimum Gasteiger partial charge on any atom is -0.493 e. The van der Waals surface area contributed by atoms with E-state index in [0.717, 1.165) is 0 Å². The van der Waals surface area contributed by atoms with Crippen LogP contribution in [-0.4, -0.2) is 34.7 Å². The fraction of sp³-hybridized carbons (Fsp3) is 0.316. The first-order valence-corrected chi connectivity index (χ1v) is 9.76. The molecule has 0 radical (unpaired) electrons. The number of sulfonamides is 1. The van der Waals surface area contributed by atoms with E-state index < -0.39 is 16.0 Å². The molecule has 0 fully saturated rings. The zero-order valence-electron chi connectivity index (χ0n) is 15.7. The Balaban J connectivity index is 2.16. The van der Waals surface area contributed by atoms with Crippen LogP contribution in [0.1, 0.15) is 29.8 Å². The van der Waals surface area contributed by atoms with Gasteiger partial charge in [-0.05, 0) is 49.7 Å². The smallest absolute Gasteiger partial charge is 0.337 e. The number of rotatable bonds is 8. The van der Waals surface area contributed by atoms with Gasteiger partial charge in [0.2, 0.25) is 10.0 Å². The summed E-state index contributed by atoms with van der Waals surface area (Å²) in [6.45, 7) is 3.87. The monoisotopic (exact) mass is 393 g/mol. The molecule has 0 saturated carbocycles. The molecule has 1 N–H and O–H groups in total. The highest BCUT2D eigenvalue weighted by molar-refractivity contribution is 7.89. The van der Waals surface area contributed by atoms with Gasteiger partial charge < -0.3 is 14.2 Å². The standard InChI is InChI=1S/C19H23NO6S/c1-13(2)26-17-9-8-14(10-18(17)24-3)12-20-27(22,23)16-7-5-6-15(11-16)19(21)25-4/h5-11,13,20H,12H2,1-4H3. The van der Waals surface area contributed by atoms with Crippen LogP contribution in [0.25, 0.3) is 0 Å². The maximum absolute atomic E-state index is 12.5. The summed E-state index contributed by atoms with van der Waals surface area (Å²) < 4.78 is 43.1. The molecule has 2 rings (SSSR count). The van der Waals surface area contributed by atoms with Crippen LogP contribution < -0.4 is 14.2 Å². The first-order valence-electron chi connectivity index (χ1n) is 8.28. The van der Waals surface area contributed by atoms with Crippen molar-refractivity contribution < 1.29 is 27.4 Å². The molecular formula is C19H23NO6S. The summed E-state index contributed by atoms with van der Waals surface area (Å²) in [5.74, 6) is 0.510. The molecule has 0 unspecified atom stereocenters. The Kier molecular flexibility index (Phi) is 6.81. The van der Waals surface area contributed by atoms with Crippen LogP contribution in [0.4, 0.5) is 0 Å². The number of esters is 1. The Labute approximate surface area is 159 Å². The normalized spacial score (nSPS) is 11.3. The summed E-state index contributed by atoms with van der Waals surface area (Å²) >= 11 is 0. The third-order valence-corrected chi connectivity index (χ3v) is 5.02. The highest BCUT2D eigenvalue weighted by atomic mass is 32.2. The molecule has 2 aromatic carbocycles. The Morgan fingerprint density at radius 3 is 2.44 bits per heavy atom. The highest BCUT2D eigenvalue weighted by Gasteiger charge is 2.17. The second-order valence-corrected chi connectivity index (χ2v) is 7.76. The van der Waals surface area contributed by atoms with Crippen molar-refractivity contribution in [3.05, 3.63) is 53.6 Å². The van der Waals surface area contributed by atoms with Crippen molar-refractivity contribution in [2.45, 2.75) is 31.4 Å². The lowest BCUT2D eigenvalue weighted by atomic mass is 10.2. The van der Waals surface area contributed by atoms with Crippen molar-refractivity contribution in [1.82, 2.24) is 4.72 Å². The molecule has 0 aliphatic rings. The van der Waals surface area contributed by atoms with Gasteiger partial charge in [0.15, 0.2) is 11.5 Å². The minimum atomic E-state index is -3.80. The Hall–Kier alpha value is -2.58. The summed E-state index contributed by atoms with van der Waals surface area (Å²) in [6.07, 6.45) is -0.00894. The molecule has 0 bridgehead atoms. The van der Waals surface area contributed by atoms with Gasteiger partial charge in [-0.2, -0.15) is 0 Å². The van der Waals surface area contributed by atoms with Gasteiger partial charge in [-0.15, -0.1) is 0 Å². The topological polar surface area (TPSA) is 90.9 Å². The number of hydrogen-bond acceptors (Lipinski definition) is 6. The van der Waals surface area contributed by atoms with E-state index >= 15 is 0 Å². The van der Waals surface area contributed by atoms with Crippen molar-refractivity contribution in [3.8, 4) is 11.5 Å². The number of nitrogens with one attached hydrogen (secondary N) is 1. The predicted octanol–water partition coefficient (Wildman–Crippen LogP) is 2.75. The van der Waals surface area contributed by atoms with Gasteiger partial charge in [-0.3, -0.25) is 0 Å². The quantitative estimate of drug-likeness (QED) is 0.694. The average molecular weight is 393 g/mol. The molecule has 0 aliphatic carbocycles. The van der Waals surface area contributed by atoms with Crippen LogP contribution in [0.5, 0.6) is 11.5 Å². The molecule has 0 aliphatic heterocycles. The van der Waals surface area contributed by atoms with E-state index in [-0.39, 0.29) is 23.1 Å². The SMILES string of the molecule is COC(=O)c1cccc(S(=O)(=O)NCc2ccc(OC(C)C)c(OC)c2)c1. The Bertz CT molecular complexity index is 908. The molecule has 146 valence electrons. The number of carbonyl (C=O) groups excluding carboxylic acids is 1. The van der Waals surface area contributed by atoms with Gasteiger partial charge in [0.1, 0.15) is 0 Å². The average Bonchev–Trinajstić information content (AvgIpc) is 2.66. The molecule has 27 heavy (non-hydrogen) atoms. The predicted molar refractivity (Wildman–Crippen MR) is 101 cm³/mol. The number of benzene rings is 2. The van der Waals surface area contributed by atoms with Crippen molar-refractivity contribution >= 4 is 16.0 Å². The van der Waals surface area contributed by atoms with E-state index in [1.165, 1.54) is 38.5 Å². The van der Waals surface area contributed by atoms with Gasteiger partial charge in [0.05, 0.1) is 30.8 Å². The Morgan fingerprint density at radius 2 is 1.81 bits per heavy atom. The van der Waals surface area contributed by atoms with Gasteiger partial charge in [-0.25, -0.2) is 17.9 Å². The number of ether oxygens (including phenoxy) is 3. The minimum absolute atomic E-state index is 0.00894. The van der Waals surface area contributed by atoms with Crippen molar-refractivity contribution in [2.75, 3.05) is 14.2 Å². The van der Waals surface area contributed by atoms with Gasteiger partial charge in [-0.1, -0.05) is 12.1 Å². The van der Waals surface area contributed by atoms with E-state index in [2.05, 4.69) is 9.46 Å². The van der Waals surface area contributed by atoms with E-state index in [4.69, 9.17) is 9.47 Å². The molecule has 7 nitrogen and oxygen atoms in total. The van der Waals surface area contributed by atoms with Crippen LogP contribution >= 0.6 is 0 Å². The van der Waals surface area contributed by atoms with Crippen LogP contribution in [0.2, 0.25) is 0 Å².